The van der Waals surface area contributed by atoms with Gasteiger partial charge in [-0.05, 0) is 36.5 Å². The highest BCUT2D eigenvalue weighted by atomic mass is 16.5. The molecule has 0 radical (unpaired) electrons. The Morgan fingerprint density at radius 2 is 1.77 bits per heavy atom. The fraction of sp³-hybridized carbons (Fsp3) is 0.679. The molecule has 1 heterocycles. The maximum absolute atomic E-state index is 13.0. The first-order chi connectivity index (χ1) is 16.8. The Hall–Kier alpha value is -2.57. The molecule has 1 unspecified atom stereocenters. The lowest BCUT2D eigenvalue weighted by atomic mass is 10.0. The number of nitrogens with zero attached hydrogens (tertiary/aromatic N) is 1. The maximum Gasteiger partial charge on any atom is 0.308 e. The normalized spacial score (nSPS) is 15.7. The Balaban J connectivity index is 1.81. The second kappa shape index (κ2) is 15.4. The van der Waals surface area contributed by atoms with Crippen molar-refractivity contribution in [3.05, 3.63) is 29.3 Å². The largest absolute Gasteiger partial charge is 0.483 e. The minimum atomic E-state index is -0.868. The molecule has 1 aliphatic heterocycles. The SMILES string of the molecule is CCCCCCCCCCOC(=O)CC1C(=O)NCCN1C(=O)COc1cc(C)ccc1C(C)C. The van der Waals surface area contributed by atoms with E-state index in [2.05, 4.69) is 26.1 Å². The van der Waals surface area contributed by atoms with Crippen LogP contribution < -0.4 is 10.1 Å². The quantitative estimate of drug-likeness (QED) is 0.280. The second-order valence-corrected chi connectivity index (χ2v) is 9.78. The Kier molecular flexibility index (Phi) is 12.6. The third kappa shape index (κ3) is 9.90. The van der Waals surface area contributed by atoms with Crippen molar-refractivity contribution in [1.82, 2.24) is 10.2 Å². The van der Waals surface area contributed by atoms with Crippen molar-refractivity contribution in [3.63, 3.8) is 0 Å². The molecule has 196 valence electrons. The number of rotatable bonds is 15. The van der Waals surface area contributed by atoms with E-state index in [0.717, 1.165) is 30.4 Å². The third-order valence-corrected chi connectivity index (χ3v) is 6.41. The van der Waals surface area contributed by atoms with E-state index in [1.54, 1.807) is 0 Å². The number of amides is 2. The second-order valence-electron chi connectivity index (χ2n) is 9.78. The van der Waals surface area contributed by atoms with Gasteiger partial charge in [0, 0.05) is 13.1 Å². The fourth-order valence-corrected chi connectivity index (χ4v) is 4.32. The van der Waals surface area contributed by atoms with Gasteiger partial charge in [-0.3, -0.25) is 14.4 Å². The van der Waals surface area contributed by atoms with Crippen molar-refractivity contribution in [3.8, 4) is 5.75 Å². The van der Waals surface area contributed by atoms with E-state index >= 15 is 0 Å². The van der Waals surface area contributed by atoms with Crippen LogP contribution in [-0.4, -0.2) is 55.0 Å². The smallest absolute Gasteiger partial charge is 0.308 e. The van der Waals surface area contributed by atoms with E-state index in [9.17, 15) is 14.4 Å². The van der Waals surface area contributed by atoms with Gasteiger partial charge in [-0.15, -0.1) is 0 Å². The number of carbonyl (C=O) groups is 3. The summed E-state index contributed by atoms with van der Waals surface area (Å²) in [4.78, 5) is 39.3. The standard InChI is InChI=1S/C28H44N2O5/c1-5-6-7-8-9-10-11-12-17-34-27(32)19-24-28(33)29-15-16-30(24)26(31)20-35-25-18-22(4)13-14-23(25)21(2)3/h13-14,18,21,24H,5-12,15-17,19-20H2,1-4H3,(H,29,33). The van der Waals surface area contributed by atoms with Gasteiger partial charge in [0.2, 0.25) is 5.91 Å². The van der Waals surface area contributed by atoms with E-state index in [1.165, 1.54) is 37.0 Å². The van der Waals surface area contributed by atoms with Crippen molar-refractivity contribution in [2.75, 3.05) is 26.3 Å². The maximum atomic E-state index is 13.0. The summed E-state index contributed by atoms with van der Waals surface area (Å²) < 4.78 is 11.2. The molecule has 0 aliphatic carbocycles. The molecule has 0 saturated carbocycles. The number of ether oxygens (including phenoxy) is 2. The van der Waals surface area contributed by atoms with Crippen LogP contribution in [0.3, 0.4) is 0 Å². The lowest BCUT2D eigenvalue weighted by Gasteiger charge is -2.34. The topological polar surface area (TPSA) is 84.9 Å². The minimum absolute atomic E-state index is 0.143. The van der Waals surface area contributed by atoms with E-state index in [0.29, 0.717) is 25.4 Å². The van der Waals surface area contributed by atoms with Crippen LogP contribution in [0.1, 0.15) is 95.6 Å². The highest BCUT2D eigenvalue weighted by molar-refractivity contribution is 5.92. The molecule has 2 rings (SSSR count). The summed E-state index contributed by atoms with van der Waals surface area (Å²) in [7, 11) is 0. The number of piperazine rings is 1. The van der Waals surface area contributed by atoms with E-state index in [-0.39, 0.29) is 30.8 Å². The monoisotopic (exact) mass is 488 g/mol. The Bertz CT molecular complexity index is 824. The van der Waals surface area contributed by atoms with Crippen LogP contribution in [-0.2, 0) is 19.1 Å². The zero-order valence-corrected chi connectivity index (χ0v) is 22.1. The molecular weight excluding hydrogens is 444 g/mol. The Labute approximate surface area is 210 Å². The molecule has 0 spiro atoms. The lowest BCUT2D eigenvalue weighted by Crippen LogP contribution is -2.58. The fourth-order valence-electron chi connectivity index (χ4n) is 4.32. The van der Waals surface area contributed by atoms with Crippen molar-refractivity contribution in [2.45, 2.75) is 97.4 Å². The molecule has 1 aromatic carbocycles. The molecule has 0 aromatic heterocycles. The molecule has 0 bridgehead atoms. The van der Waals surface area contributed by atoms with Crippen molar-refractivity contribution in [1.29, 1.82) is 0 Å². The molecule has 1 aromatic rings. The van der Waals surface area contributed by atoms with Gasteiger partial charge in [-0.2, -0.15) is 0 Å². The van der Waals surface area contributed by atoms with Crippen LogP contribution in [0.4, 0.5) is 0 Å². The molecule has 35 heavy (non-hydrogen) atoms. The molecule has 1 saturated heterocycles. The number of aryl methyl sites for hydroxylation is 1. The predicted octanol–water partition coefficient (Wildman–Crippen LogP) is 4.90. The summed E-state index contributed by atoms with van der Waals surface area (Å²) in [5.41, 5.74) is 2.08. The molecule has 7 nitrogen and oxygen atoms in total. The molecule has 2 amide bonds. The summed E-state index contributed by atoms with van der Waals surface area (Å²) in [5.74, 6) is -0.153. The summed E-state index contributed by atoms with van der Waals surface area (Å²) in [5, 5.41) is 2.75. The van der Waals surface area contributed by atoms with Crippen LogP contribution >= 0.6 is 0 Å². The predicted molar refractivity (Wildman–Crippen MR) is 137 cm³/mol. The van der Waals surface area contributed by atoms with Crippen molar-refractivity contribution >= 4 is 17.8 Å². The van der Waals surface area contributed by atoms with Crippen LogP contribution in [0, 0.1) is 6.92 Å². The van der Waals surface area contributed by atoms with Crippen LogP contribution in [0.2, 0.25) is 0 Å². The van der Waals surface area contributed by atoms with Crippen LogP contribution in [0.5, 0.6) is 5.75 Å². The van der Waals surface area contributed by atoms with E-state index in [1.807, 2.05) is 25.1 Å². The van der Waals surface area contributed by atoms with Gasteiger partial charge in [0.05, 0.1) is 13.0 Å². The van der Waals surface area contributed by atoms with Crippen LogP contribution in [0.15, 0.2) is 18.2 Å². The molecule has 1 atom stereocenters. The molecule has 7 heteroatoms. The van der Waals surface area contributed by atoms with Gasteiger partial charge in [-0.25, -0.2) is 0 Å². The number of nitrogens with one attached hydrogen (secondary N) is 1. The lowest BCUT2D eigenvalue weighted by molar-refractivity contribution is -0.152. The molecular formula is C28H44N2O5. The van der Waals surface area contributed by atoms with E-state index in [4.69, 9.17) is 9.47 Å². The summed E-state index contributed by atoms with van der Waals surface area (Å²) in [6.45, 7) is 9.20. The Morgan fingerprint density at radius 1 is 1.09 bits per heavy atom. The number of benzene rings is 1. The first kappa shape index (κ1) is 28.7. The van der Waals surface area contributed by atoms with Gasteiger partial charge in [0.1, 0.15) is 11.8 Å². The van der Waals surface area contributed by atoms with Gasteiger partial charge in [-0.1, -0.05) is 77.8 Å². The molecule has 1 aliphatic rings. The van der Waals surface area contributed by atoms with Crippen molar-refractivity contribution < 1.29 is 23.9 Å². The first-order valence-electron chi connectivity index (χ1n) is 13.3. The highest BCUT2D eigenvalue weighted by Crippen LogP contribution is 2.27. The number of carbonyl (C=O) groups excluding carboxylic acids is 3. The Morgan fingerprint density at radius 3 is 2.46 bits per heavy atom. The van der Waals surface area contributed by atoms with Crippen molar-refractivity contribution in [2.24, 2.45) is 0 Å². The minimum Gasteiger partial charge on any atom is -0.483 e. The average Bonchev–Trinajstić information content (AvgIpc) is 2.82. The number of esters is 1. The van der Waals surface area contributed by atoms with Gasteiger partial charge in [0.15, 0.2) is 6.61 Å². The van der Waals surface area contributed by atoms with Gasteiger partial charge >= 0.3 is 5.97 Å². The average molecular weight is 489 g/mol. The van der Waals surface area contributed by atoms with Gasteiger partial charge in [0.25, 0.3) is 5.91 Å². The zero-order valence-electron chi connectivity index (χ0n) is 22.1. The summed E-state index contributed by atoms with van der Waals surface area (Å²) in [6.07, 6.45) is 9.17. The summed E-state index contributed by atoms with van der Waals surface area (Å²) in [6, 6.07) is 5.09. The van der Waals surface area contributed by atoms with Gasteiger partial charge < -0.3 is 19.7 Å². The summed E-state index contributed by atoms with van der Waals surface area (Å²) >= 11 is 0. The molecule has 1 N–H and O–H groups in total. The molecule has 1 fully saturated rings. The van der Waals surface area contributed by atoms with Crippen LogP contribution in [0.25, 0.3) is 0 Å². The number of hydrogen-bond donors (Lipinski definition) is 1. The highest BCUT2D eigenvalue weighted by Gasteiger charge is 2.35. The first-order valence-corrected chi connectivity index (χ1v) is 13.3. The number of hydrogen-bond acceptors (Lipinski definition) is 5. The van der Waals surface area contributed by atoms with E-state index < -0.39 is 12.0 Å². The third-order valence-electron chi connectivity index (χ3n) is 6.41. The number of unbranched alkanes of at least 4 members (excludes halogenated alkanes) is 7. The zero-order chi connectivity index (χ0) is 25.6.